The van der Waals surface area contributed by atoms with Gasteiger partial charge in [0.2, 0.25) is 21.7 Å². The summed E-state index contributed by atoms with van der Waals surface area (Å²) in [6, 6.07) is 14.8. The second-order valence-electron chi connectivity index (χ2n) is 6.98. The Morgan fingerprint density at radius 3 is 2.30 bits per heavy atom. The van der Waals surface area contributed by atoms with Crippen LogP contribution in [-0.2, 0) is 10.0 Å². The van der Waals surface area contributed by atoms with Crippen LogP contribution in [0.25, 0.3) is 11.4 Å². The van der Waals surface area contributed by atoms with Gasteiger partial charge in [-0.1, -0.05) is 52.7 Å². The van der Waals surface area contributed by atoms with Gasteiger partial charge < -0.3 is 4.52 Å². The lowest BCUT2D eigenvalue weighted by molar-refractivity contribution is 0.354. The molecule has 27 heavy (non-hydrogen) atoms. The summed E-state index contributed by atoms with van der Waals surface area (Å²) < 4.78 is 32.6. The van der Waals surface area contributed by atoms with Crippen LogP contribution < -0.4 is 0 Å². The fourth-order valence-electron chi connectivity index (χ4n) is 3.23. The van der Waals surface area contributed by atoms with Crippen molar-refractivity contribution < 1.29 is 12.9 Å². The van der Waals surface area contributed by atoms with E-state index in [0.29, 0.717) is 36.1 Å². The smallest absolute Gasteiger partial charge is 0.243 e. The molecule has 1 atom stereocenters. The third kappa shape index (κ3) is 3.52. The van der Waals surface area contributed by atoms with Crippen molar-refractivity contribution in [2.75, 3.05) is 13.1 Å². The summed E-state index contributed by atoms with van der Waals surface area (Å²) in [6.45, 7) is 4.76. The quantitative estimate of drug-likeness (QED) is 0.689. The van der Waals surface area contributed by atoms with E-state index < -0.39 is 10.0 Å². The Hall–Kier alpha value is -2.51. The molecule has 0 radical (unpaired) electrons. The minimum atomic E-state index is -3.50. The van der Waals surface area contributed by atoms with E-state index in [1.54, 1.807) is 12.1 Å². The Kier molecular flexibility index (Phi) is 4.57. The van der Waals surface area contributed by atoms with Gasteiger partial charge in [-0.25, -0.2) is 8.42 Å². The minimum Gasteiger partial charge on any atom is -0.339 e. The van der Waals surface area contributed by atoms with Gasteiger partial charge in [-0.3, -0.25) is 0 Å². The molecule has 1 aliphatic rings. The highest BCUT2D eigenvalue weighted by atomic mass is 32.2. The molecule has 140 valence electrons. The van der Waals surface area contributed by atoms with Crippen LogP contribution in [0.1, 0.15) is 29.4 Å². The van der Waals surface area contributed by atoms with Gasteiger partial charge in [-0.2, -0.15) is 9.29 Å². The summed E-state index contributed by atoms with van der Waals surface area (Å²) >= 11 is 0. The lowest BCUT2D eigenvalue weighted by Gasteiger charge is -2.16. The van der Waals surface area contributed by atoms with Gasteiger partial charge in [-0.05, 0) is 32.4 Å². The molecule has 1 aliphatic heterocycles. The van der Waals surface area contributed by atoms with E-state index in [4.69, 9.17) is 4.52 Å². The van der Waals surface area contributed by atoms with Crippen LogP contribution in [-0.4, -0.2) is 36.0 Å². The van der Waals surface area contributed by atoms with Crippen LogP contribution in [0.3, 0.4) is 0 Å². The lowest BCUT2D eigenvalue weighted by Crippen LogP contribution is -2.28. The van der Waals surface area contributed by atoms with Crippen molar-refractivity contribution in [2.24, 2.45) is 0 Å². The van der Waals surface area contributed by atoms with E-state index >= 15 is 0 Å². The molecule has 0 bridgehead atoms. The SMILES string of the molecule is Cc1ccc(-c2noc([C@@H]3CCN(S(=O)(=O)c4ccc(C)cc4)C3)n2)cc1. The Labute approximate surface area is 158 Å². The first kappa shape index (κ1) is 17.9. The maximum atomic E-state index is 12.8. The Balaban J connectivity index is 1.51. The summed E-state index contributed by atoms with van der Waals surface area (Å²) in [5.74, 6) is 0.939. The topological polar surface area (TPSA) is 76.3 Å². The third-order valence-corrected chi connectivity index (χ3v) is 6.79. The standard InChI is InChI=1S/C20H21N3O3S/c1-14-3-7-16(8-4-14)19-21-20(26-22-19)17-11-12-23(13-17)27(24,25)18-9-5-15(2)6-10-18/h3-10,17H,11-13H2,1-2H3/t17-/m1/s1. The number of hydrogen-bond donors (Lipinski definition) is 0. The summed E-state index contributed by atoms with van der Waals surface area (Å²) in [6.07, 6.45) is 0.667. The Morgan fingerprint density at radius 2 is 1.63 bits per heavy atom. The fraction of sp³-hybridized carbons (Fsp3) is 0.300. The van der Waals surface area contributed by atoms with Crippen molar-refractivity contribution in [3.63, 3.8) is 0 Å². The normalized spacial score (nSPS) is 18.1. The van der Waals surface area contributed by atoms with Gasteiger partial charge in [0.15, 0.2) is 0 Å². The summed E-state index contributed by atoms with van der Waals surface area (Å²) in [7, 11) is -3.50. The molecule has 6 nitrogen and oxygen atoms in total. The molecule has 4 rings (SSSR count). The van der Waals surface area contributed by atoms with Gasteiger partial charge in [-0.15, -0.1) is 0 Å². The van der Waals surface area contributed by atoms with Gasteiger partial charge in [0.25, 0.3) is 0 Å². The van der Waals surface area contributed by atoms with Crippen LogP contribution >= 0.6 is 0 Å². The van der Waals surface area contributed by atoms with Crippen LogP contribution in [0.4, 0.5) is 0 Å². The maximum absolute atomic E-state index is 12.8. The maximum Gasteiger partial charge on any atom is 0.243 e. The van der Waals surface area contributed by atoms with Crippen LogP contribution in [0.15, 0.2) is 57.9 Å². The average molecular weight is 383 g/mol. The van der Waals surface area contributed by atoms with Crippen molar-refractivity contribution >= 4 is 10.0 Å². The predicted molar refractivity (Wildman–Crippen MR) is 102 cm³/mol. The van der Waals surface area contributed by atoms with E-state index in [1.807, 2.05) is 50.2 Å². The molecule has 1 fully saturated rings. The molecule has 2 aromatic carbocycles. The second-order valence-corrected chi connectivity index (χ2v) is 8.92. The van der Waals surface area contributed by atoms with E-state index in [9.17, 15) is 8.42 Å². The molecule has 1 aromatic heterocycles. The number of nitrogens with zero attached hydrogens (tertiary/aromatic N) is 3. The summed E-state index contributed by atoms with van der Waals surface area (Å²) in [4.78, 5) is 4.81. The molecule has 0 aliphatic carbocycles. The fourth-order valence-corrected chi connectivity index (χ4v) is 4.73. The number of aromatic nitrogens is 2. The lowest BCUT2D eigenvalue weighted by atomic mass is 10.1. The molecule has 1 saturated heterocycles. The van der Waals surface area contributed by atoms with Crippen LogP contribution in [0.2, 0.25) is 0 Å². The van der Waals surface area contributed by atoms with E-state index in [0.717, 1.165) is 16.7 Å². The molecule has 0 spiro atoms. The number of sulfonamides is 1. The van der Waals surface area contributed by atoms with Gasteiger partial charge in [0.05, 0.1) is 10.8 Å². The van der Waals surface area contributed by atoms with Gasteiger partial charge >= 0.3 is 0 Å². The number of aryl methyl sites for hydroxylation is 2. The zero-order chi connectivity index (χ0) is 19.0. The monoisotopic (exact) mass is 383 g/mol. The predicted octanol–water partition coefficient (Wildman–Crippen LogP) is 3.53. The molecular formula is C20H21N3O3S. The van der Waals surface area contributed by atoms with Crippen molar-refractivity contribution in [1.82, 2.24) is 14.4 Å². The third-order valence-electron chi connectivity index (χ3n) is 4.91. The molecule has 3 aromatic rings. The highest BCUT2D eigenvalue weighted by Gasteiger charge is 2.35. The number of hydrogen-bond acceptors (Lipinski definition) is 5. The highest BCUT2D eigenvalue weighted by molar-refractivity contribution is 7.89. The summed E-state index contributed by atoms with van der Waals surface area (Å²) in [5.41, 5.74) is 3.08. The largest absolute Gasteiger partial charge is 0.339 e. The molecule has 2 heterocycles. The molecule has 0 saturated carbocycles. The van der Waals surface area contributed by atoms with E-state index in [1.165, 1.54) is 4.31 Å². The van der Waals surface area contributed by atoms with Crippen LogP contribution in [0.5, 0.6) is 0 Å². The zero-order valence-corrected chi connectivity index (χ0v) is 16.1. The minimum absolute atomic E-state index is 0.0862. The highest BCUT2D eigenvalue weighted by Crippen LogP contribution is 2.31. The molecule has 0 N–H and O–H groups in total. The Bertz CT molecular complexity index is 1040. The van der Waals surface area contributed by atoms with E-state index in [2.05, 4.69) is 10.1 Å². The molecule has 0 unspecified atom stereocenters. The second kappa shape index (κ2) is 6.90. The average Bonchev–Trinajstić information content (AvgIpc) is 3.32. The zero-order valence-electron chi connectivity index (χ0n) is 15.3. The van der Waals surface area contributed by atoms with Gasteiger partial charge in [0.1, 0.15) is 0 Å². The molecular weight excluding hydrogens is 362 g/mol. The first-order valence-corrected chi connectivity index (χ1v) is 10.3. The first-order valence-electron chi connectivity index (χ1n) is 8.91. The van der Waals surface area contributed by atoms with Crippen LogP contribution in [0, 0.1) is 13.8 Å². The van der Waals surface area contributed by atoms with E-state index in [-0.39, 0.29) is 5.92 Å². The summed E-state index contributed by atoms with van der Waals surface area (Å²) in [5, 5.41) is 4.06. The Morgan fingerprint density at radius 1 is 1.00 bits per heavy atom. The van der Waals surface area contributed by atoms with Crippen molar-refractivity contribution in [1.29, 1.82) is 0 Å². The van der Waals surface area contributed by atoms with Crippen molar-refractivity contribution in [2.45, 2.75) is 31.1 Å². The van der Waals surface area contributed by atoms with Gasteiger partial charge in [0, 0.05) is 18.7 Å². The number of rotatable bonds is 4. The van der Waals surface area contributed by atoms with Crippen molar-refractivity contribution in [3.8, 4) is 11.4 Å². The molecule has 7 heteroatoms. The molecule has 0 amide bonds. The van der Waals surface area contributed by atoms with Crippen molar-refractivity contribution in [3.05, 3.63) is 65.5 Å². The number of benzene rings is 2. The first-order chi connectivity index (χ1) is 12.9.